The molecule has 0 saturated heterocycles. The summed E-state index contributed by atoms with van der Waals surface area (Å²) >= 11 is 0. The van der Waals surface area contributed by atoms with Crippen LogP contribution in [0, 0.1) is 0 Å². The second-order valence-electron chi connectivity index (χ2n) is 0. The van der Waals surface area contributed by atoms with Crippen LogP contribution in [0.2, 0.25) is 0 Å². The van der Waals surface area contributed by atoms with Crippen LogP contribution in [0.1, 0.15) is 0 Å². The van der Waals surface area contributed by atoms with E-state index in [1.807, 2.05) is 0 Å². The Bertz CT molecular complexity index is 24.7. The molecule has 0 rings (SSSR count). The fourth-order valence-corrected chi connectivity index (χ4v) is 0. The van der Waals surface area contributed by atoms with Crippen LogP contribution in [0.3, 0.4) is 0 Å². The Hall–Kier alpha value is 2.28. The third-order valence-electron chi connectivity index (χ3n) is 0. The second-order valence-corrected chi connectivity index (χ2v) is 0. The molecule has 0 saturated carbocycles. The van der Waals surface area contributed by atoms with Gasteiger partial charge in [0.25, 0.3) is 0 Å². The summed E-state index contributed by atoms with van der Waals surface area (Å²) in [7, 11) is 0. The molecule has 3 N–H and O–H groups in total. The van der Waals surface area contributed by atoms with Crippen LogP contribution in [-0.4, -0.2) is 113 Å². The van der Waals surface area contributed by atoms with Gasteiger partial charge in [-0.2, -0.15) is 0 Å². The van der Waals surface area contributed by atoms with E-state index in [-0.39, 0.29) is 157 Å². The molecule has 0 unspecified atom stereocenters. The second kappa shape index (κ2) is 1050. The molecule has 0 amide bonds. The Balaban J connectivity index is 0. The summed E-state index contributed by atoms with van der Waals surface area (Å²) in [5.41, 5.74) is 0. The molecule has 17 heavy (non-hydrogen) atoms. The Kier molecular flexibility index (Phi) is 77000. The van der Waals surface area contributed by atoms with E-state index in [0.29, 0.717) is 0 Å². The van der Waals surface area contributed by atoms with Crippen molar-refractivity contribution in [2.24, 2.45) is 0 Å². The van der Waals surface area contributed by atoms with Crippen molar-refractivity contribution in [3.8, 4) is 0 Å². The van der Waals surface area contributed by atoms with Gasteiger partial charge in [-0.25, -0.2) is 0 Å². The Morgan fingerprint density at radius 1 is 0.353 bits per heavy atom. The minimum absolute atomic E-state index is 0. The van der Waals surface area contributed by atoms with Gasteiger partial charge in [0, 0.05) is 55.9 Å². The predicted octanol–water partition coefficient (Wildman–Crippen LogP) is -3.77. The molecule has 102 valence electrons. The smallest absolute Gasteiger partial charge is 2.00 e. The maximum Gasteiger partial charge on any atom is 3.00 e. The van der Waals surface area contributed by atoms with E-state index in [0.717, 1.165) is 0 Å². The minimum Gasteiger partial charge on any atom is -2.00 e. The molecule has 0 aromatic heterocycles. The average molecular weight is 339 g/mol. The van der Waals surface area contributed by atoms with Crippen molar-refractivity contribution in [2.75, 3.05) is 0 Å². The van der Waals surface area contributed by atoms with Gasteiger partial charge in [0.1, 0.15) is 0 Å². The van der Waals surface area contributed by atoms with Crippen LogP contribution in [0.25, 0.3) is 0 Å². The Labute approximate surface area is 155 Å². The fourth-order valence-electron chi connectivity index (χ4n) is 0. The summed E-state index contributed by atoms with van der Waals surface area (Å²) in [5.74, 6) is 0. The molecule has 0 spiro atoms. The van der Waals surface area contributed by atoms with Crippen LogP contribution in [-0.2, 0) is 43.8 Å². The molecule has 0 bridgehead atoms. The van der Waals surface area contributed by atoms with Crippen molar-refractivity contribution in [1.82, 2.24) is 0 Å². The minimum atomic E-state index is 0. The van der Waals surface area contributed by atoms with Crippen molar-refractivity contribution in [3.05, 3.63) is 0 Å². The molecule has 0 fully saturated rings. The zero-order valence-electron chi connectivity index (χ0n) is 8.10. The van der Waals surface area contributed by atoms with E-state index in [9.17, 15) is 0 Å². The van der Waals surface area contributed by atoms with Crippen LogP contribution in [0.5, 0.6) is 0 Å². The van der Waals surface area contributed by atoms with Crippen molar-refractivity contribution < 1.29 is 60.2 Å². The summed E-state index contributed by atoms with van der Waals surface area (Å²) in [6.45, 7) is 0. The van der Waals surface area contributed by atoms with E-state index in [1.165, 1.54) is 0 Å². The van der Waals surface area contributed by atoms with E-state index in [2.05, 4.69) is 0 Å². The molecule has 0 aliphatic heterocycles. The summed E-state index contributed by atoms with van der Waals surface area (Å²) in [5, 5.41) is 0. The van der Waals surface area contributed by atoms with E-state index in [4.69, 9.17) is 0 Å². The zero-order chi connectivity index (χ0) is 0. The number of hydrogen-bond acceptors (Lipinski definition) is 3. The molecule has 0 heterocycles. The quantitative estimate of drug-likeness (QED) is 0.401. The van der Waals surface area contributed by atoms with Crippen molar-refractivity contribution >= 4 is 96.4 Å². The first-order valence-electron chi connectivity index (χ1n) is 0. The SMILES string of the molecule is [Al+3].[Mg+2].[Mg].[O-2].[O-2].[O-2].[O-2].[O-2].[O-2].[O-2].[O-2].[OH-].[OH-].[OH-].[Si].[Si].[Si]. The third kappa shape index (κ3) is 935. The van der Waals surface area contributed by atoms with Gasteiger partial charge in [0.2, 0.25) is 0 Å². The summed E-state index contributed by atoms with van der Waals surface area (Å²) in [4.78, 5) is 0. The third-order valence-corrected chi connectivity index (χ3v) is 0. The van der Waals surface area contributed by atoms with Crippen LogP contribution in [0.15, 0.2) is 0 Å². The van der Waals surface area contributed by atoms with Crippen LogP contribution >= 0.6 is 0 Å². The molecule has 11 nitrogen and oxygen atoms in total. The molecule has 14 radical (unpaired) electrons. The van der Waals surface area contributed by atoms with Gasteiger partial charge in [-0.3, -0.25) is 0 Å². The number of hydrogen-bond donors (Lipinski definition) is 0. The summed E-state index contributed by atoms with van der Waals surface area (Å²) < 4.78 is 0. The van der Waals surface area contributed by atoms with Gasteiger partial charge in [0.15, 0.2) is 0 Å². The van der Waals surface area contributed by atoms with Gasteiger partial charge in [-0.05, 0) is 0 Å². The summed E-state index contributed by atoms with van der Waals surface area (Å²) in [6, 6.07) is 0. The Morgan fingerprint density at radius 3 is 0.353 bits per heavy atom. The predicted molar refractivity (Wildman–Crippen MR) is 45.8 cm³/mol. The molecular weight excluding hydrogens is 336 g/mol. The first-order valence-corrected chi connectivity index (χ1v) is 0. The molecule has 0 aromatic carbocycles. The Morgan fingerprint density at radius 2 is 0.353 bits per heavy atom. The first-order chi connectivity index (χ1) is 0. The zero-order valence-corrected chi connectivity index (χ0v) is 15.1. The average Bonchev–Trinajstić information content (AvgIpc) is 0. The summed E-state index contributed by atoms with van der Waals surface area (Å²) in [6.07, 6.45) is 0. The fraction of sp³-hybridized carbons (Fsp3) is 0. The number of rotatable bonds is 0. The monoisotopic (exact) mass is 338 g/mol. The van der Waals surface area contributed by atoms with Gasteiger partial charge < -0.3 is 60.2 Å². The standard InChI is InChI=1S/Al.2Mg.3H2O.8O.3Si/h;;;3*1H2;;;;;;;;;;;/q+3;;+2;;;;8*-2;;;/p-3. The molecule has 17 heteroatoms. The largest absolute Gasteiger partial charge is 3.00 e. The molecule has 0 atom stereocenters. The molecular formula is H3AlMg2O11Si3-14. The van der Waals surface area contributed by atoms with Crippen molar-refractivity contribution in [2.45, 2.75) is 0 Å². The molecule has 0 aliphatic rings. The van der Waals surface area contributed by atoms with Crippen LogP contribution in [0.4, 0.5) is 0 Å². The van der Waals surface area contributed by atoms with E-state index in [1.54, 1.807) is 0 Å². The maximum absolute atomic E-state index is 0. The molecule has 0 aromatic rings. The van der Waals surface area contributed by atoms with E-state index < -0.39 is 0 Å². The molecule has 0 aliphatic carbocycles. The topological polar surface area (TPSA) is 318 Å². The van der Waals surface area contributed by atoms with Gasteiger partial charge in [0.05, 0.1) is 0 Å². The van der Waals surface area contributed by atoms with Gasteiger partial charge in [-0.1, -0.05) is 0 Å². The normalized spacial score (nSPS) is 0. The maximum atomic E-state index is 0. The van der Waals surface area contributed by atoms with E-state index >= 15 is 0 Å². The van der Waals surface area contributed by atoms with Gasteiger partial charge in [-0.15, -0.1) is 0 Å². The van der Waals surface area contributed by atoms with Crippen LogP contribution < -0.4 is 0 Å². The van der Waals surface area contributed by atoms with Crippen molar-refractivity contribution in [3.63, 3.8) is 0 Å². The van der Waals surface area contributed by atoms with Gasteiger partial charge >= 0.3 is 40.4 Å². The van der Waals surface area contributed by atoms with Crippen molar-refractivity contribution in [1.29, 1.82) is 0 Å². The first kappa shape index (κ1) is 1240.